The van der Waals surface area contributed by atoms with E-state index in [0.29, 0.717) is 13.4 Å². The van der Waals surface area contributed by atoms with Gasteiger partial charge in [-0.3, -0.25) is 0 Å². The van der Waals surface area contributed by atoms with Crippen LogP contribution in [-0.4, -0.2) is 43.6 Å². The van der Waals surface area contributed by atoms with Gasteiger partial charge in [0.05, 0.1) is 0 Å². The minimum absolute atomic E-state index is 0. The molecule has 0 aliphatic heterocycles. The summed E-state index contributed by atoms with van der Waals surface area (Å²) >= 11 is 0. The van der Waals surface area contributed by atoms with E-state index in [4.69, 9.17) is 0 Å². The number of rotatable bonds is 3. The smallest absolute Gasteiger partial charge is 1.00 e. The molecule has 0 amide bonds. The van der Waals surface area contributed by atoms with Crippen molar-refractivity contribution < 1.29 is 26.5 Å². The molecule has 0 rings (SSSR count). The number of methoxy groups -OCH3 is 1. The Kier molecular flexibility index (Phi) is 31.6. The molecule has 0 fully saturated rings. The van der Waals surface area contributed by atoms with Crippen molar-refractivity contribution in [2.24, 2.45) is 0 Å². The molecule has 46 valence electrons. The van der Waals surface area contributed by atoms with Crippen LogP contribution < -0.4 is 17.0 Å². The van der Waals surface area contributed by atoms with E-state index in [1.807, 2.05) is 0 Å². The van der Waals surface area contributed by atoms with Crippen LogP contribution in [0.4, 0.5) is 0 Å². The molecule has 0 bridgehead atoms. The van der Waals surface area contributed by atoms with Crippen LogP contribution in [0, 0.1) is 6.92 Å². The Morgan fingerprint density at radius 2 is 2.00 bits per heavy atom. The Bertz CT molecular complexity index is 26.0. The standard InChI is InChI=1S/C4H9O2.BrH.Mg/c1-3-6-4-5-2;;/h1,3-4H2,2H3;1H;/q-1;;+2/p-1. The Morgan fingerprint density at radius 1 is 1.50 bits per heavy atom. The van der Waals surface area contributed by atoms with Crippen molar-refractivity contribution in [3.05, 3.63) is 6.92 Å². The van der Waals surface area contributed by atoms with E-state index >= 15 is 0 Å². The number of ether oxygens (including phenoxy) is 2. The SMILES string of the molecule is [Br-].[CH2-]COCOC.[Mg+2]. The van der Waals surface area contributed by atoms with Crippen LogP contribution >= 0.6 is 0 Å². The van der Waals surface area contributed by atoms with Crippen LogP contribution in [0.25, 0.3) is 0 Å². The van der Waals surface area contributed by atoms with Gasteiger partial charge >= 0.3 is 23.1 Å². The summed E-state index contributed by atoms with van der Waals surface area (Å²) in [5, 5.41) is 0. The Balaban J connectivity index is -0.000000125. The second-order valence-corrected chi connectivity index (χ2v) is 0.815. The van der Waals surface area contributed by atoms with Gasteiger partial charge in [0.25, 0.3) is 0 Å². The van der Waals surface area contributed by atoms with Crippen molar-refractivity contribution in [1.29, 1.82) is 0 Å². The number of hydrogen-bond donors (Lipinski definition) is 0. The number of halogens is 1. The van der Waals surface area contributed by atoms with Crippen molar-refractivity contribution in [2.45, 2.75) is 0 Å². The van der Waals surface area contributed by atoms with Gasteiger partial charge in [-0.25, -0.2) is 0 Å². The minimum atomic E-state index is 0. The molecule has 0 saturated carbocycles. The maximum atomic E-state index is 4.65. The van der Waals surface area contributed by atoms with Crippen molar-refractivity contribution in [3.63, 3.8) is 0 Å². The van der Waals surface area contributed by atoms with Crippen LogP contribution in [0.15, 0.2) is 0 Å². The fraction of sp³-hybridized carbons (Fsp3) is 0.750. The number of hydrogen-bond acceptors (Lipinski definition) is 2. The van der Waals surface area contributed by atoms with E-state index in [9.17, 15) is 0 Å². The van der Waals surface area contributed by atoms with Crippen molar-refractivity contribution in [1.82, 2.24) is 0 Å². The molecule has 0 aromatic rings. The van der Waals surface area contributed by atoms with Crippen LogP contribution in [0.2, 0.25) is 0 Å². The van der Waals surface area contributed by atoms with Gasteiger partial charge in [0, 0.05) is 7.11 Å². The molecule has 0 heterocycles. The van der Waals surface area contributed by atoms with Crippen molar-refractivity contribution in [3.8, 4) is 0 Å². The summed E-state index contributed by atoms with van der Waals surface area (Å²) in [7, 11) is 1.58. The van der Waals surface area contributed by atoms with E-state index in [-0.39, 0.29) is 40.0 Å². The molecule has 0 unspecified atom stereocenters. The topological polar surface area (TPSA) is 18.5 Å². The van der Waals surface area contributed by atoms with Crippen LogP contribution in [0.1, 0.15) is 0 Å². The van der Waals surface area contributed by atoms with Gasteiger partial charge in [-0.05, 0) is 0 Å². The molecular formula is C4H9BrMgO2. The predicted octanol–water partition coefficient (Wildman–Crippen LogP) is -2.94. The largest absolute Gasteiger partial charge is 2.00 e. The fourth-order valence-corrected chi connectivity index (χ4v) is 0.142. The second-order valence-electron chi connectivity index (χ2n) is 0.815. The molecule has 2 nitrogen and oxygen atoms in total. The van der Waals surface area contributed by atoms with Gasteiger partial charge in [0.1, 0.15) is 6.79 Å². The zero-order valence-electron chi connectivity index (χ0n) is 5.02. The van der Waals surface area contributed by atoms with Gasteiger partial charge in [-0.1, -0.05) is 6.61 Å². The summed E-state index contributed by atoms with van der Waals surface area (Å²) in [5.74, 6) is 0. The van der Waals surface area contributed by atoms with E-state index in [1.54, 1.807) is 7.11 Å². The minimum Gasteiger partial charge on any atom is -1.00 e. The summed E-state index contributed by atoms with van der Waals surface area (Å²) in [6, 6.07) is 0. The third-order valence-corrected chi connectivity index (χ3v) is 0.346. The van der Waals surface area contributed by atoms with Crippen LogP contribution in [-0.2, 0) is 9.47 Å². The third kappa shape index (κ3) is 15.7. The van der Waals surface area contributed by atoms with Crippen LogP contribution in [0.3, 0.4) is 0 Å². The summed E-state index contributed by atoms with van der Waals surface area (Å²) in [6.07, 6.45) is 0. The summed E-state index contributed by atoms with van der Waals surface area (Å²) in [5.41, 5.74) is 0. The van der Waals surface area contributed by atoms with E-state index in [1.165, 1.54) is 0 Å². The van der Waals surface area contributed by atoms with Crippen molar-refractivity contribution >= 4 is 23.1 Å². The van der Waals surface area contributed by atoms with E-state index < -0.39 is 0 Å². The molecule has 0 aliphatic rings. The molecule has 8 heavy (non-hydrogen) atoms. The van der Waals surface area contributed by atoms with Gasteiger partial charge in [0.15, 0.2) is 0 Å². The van der Waals surface area contributed by atoms with Gasteiger partial charge in [-0.15, -0.1) is 0 Å². The Labute approximate surface area is 76.8 Å². The molecule has 0 atom stereocenters. The zero-order chi connectivity index (χ0) is 4.83. The molecule has 0 spiro atoms. The first-order valence-electron chi connectivity index (χ1n) is 1.77. The predicted molar refractivity (Wildman–Crippen MR) is 28.9 cm³/mol. The van der Waals surface area contributed by atoms with Crippen LogP contribution in [0.5, 0.6) is 0 Å². The van der Waals surface area contributed by atoms with Gasteiger partial charge in [-0.2, -0.15) is 0 Å². The maximum Gasteiger partial charge on any atom is 2.00 e. The molecule has 0 N–H and O–H groups in total. The molecule has 0 aromatic heterocycles. The molecule has 0 saturated heterocycles. The molecule has 0 aliphatic carbocycles. The van der Waals surface area contributed by atoms with Gasteiger partial charge < -0.3 is 33.4 Å². The first kappa shape index (κ1) is 16.1. The molecule has 0 radical (unpaired) electrons. The summed E-state index contributed by atoms with van der Waals surface area (Å²) in [4.78, 5) is 0. The monoisotopic (exact) mass is 192 g/mol. The Hall–Kier alpha value is 1.17. The average molecular weight is 193 g/mol. The fourth-order valence-electron chi connectivity index (χ4n) is 0.142. The van der Waals surface area contributed by atoms with Crippen molar-refractivity contribution in [2.75, 3.05) is 20.5 Å². The van der Waals surface area contributed by atoms with Gasteiger partial charge in [0.2, 0.25) is 0 Å². The quantitative estimate of drug-likeness (QED) is 0.207. The first-order valence-corrected chi connectivity index (χ1v) is 1.77. The molecular weight excluding hydrogens is 184 g/mol. The zero-order valence-corrected chi connectivity index (χ0v) is 8.02. The normalized spacial score (nSPS) is 6.75. The summed E-state index contributed by atoms with van der Waals surface area (Å²) in [6.45, 7) is 4.25. The first-order chi connectivity index (χ1) is 2.91. The maximum absolute atomic E-state index is 4.65. The third-order valence-electron chi connectivity index (χ3n) is 0.346. The molecule has 4 heteroatoms. The second kappa shape index (κ2) is 15.7. The molecule has 0 aromatic carbocycles. The summed E-state index contributed by atoms with van der Waals surface area (Å²) < 4.78 is 9.17. The Morgan fingerprint density at radius 3 is 2.12 bits per heavy atom. The van der Waals surface area contributed by atoms with E-state index in [2.05, 4.69) is 16.4 Å². The average Bonchev–Trinajstić information content (AvgIpc) is 1.61. The van der Waals surface area contributed by atoms with E-state index in [0.717, 1.165) is 0 Å².